The molecule has 1 aliphatic rings. The molecule has 9 nitrogen and oxygen atoms in total. The second-order valence-corrected chi connectivity index (χ2v) is 7.73. The number of hydrogen-bond donors (Lipinski definition) is 3. The maximum absolute atomic E-state index is 13.5. The molecule has 1 unspecified atom stereocenters. The van der Waals surface area contributed by atoms with Gasteiger partial charge in [-0.2, -0.15) is 10.1 Å². The van der Waals surface area contributed by atoms with Crippen LogP contribution in [0.3, 0.4) is 0 Å². The molecule has 3 aromatic rings. The van der Waals surface area contributed by atoms with Crippen LogP contribution >= 0.6 is 0 Å². The number of aliphatic hydroxyl groups excluding tert-OH is 1. The van der Waals surface area contributed by atoms with E-state index in [9.17, 15) is 14.3 Å². The molecule has 178 valence electrons. The van der Waals surface area contributed by atoms with Gasteiger partial charge in [0.1, 0.15) is 11.9 Å². The quantitative estimate of drug-likeness (QED) is 0.466. The standard InChI is InChI=1S/C24H26FN5O4/c1-14-20(23(32)27-16-11-9-15(25)10-12-16)21(17-6-4-7-18(33-2)22(17)34-3)30-24(26-14)28-19(29-30)8-5-13-31/h4,6-7,9-12,21,31H,5,8,13H2,1-3H3,(H,27,32)(H,26,28,29). The Balaban J connectivity index is 1.83. The molecule has 1 amide bonds. The highest BCUT2D eigenvalue weighted by Crippen LogP contribution is 2.43. The van der Waals surface area contributed by atoms with Crippen LogP contribution in [0.5, 0.6) is 11.5 Å². The highest BCUT2D eigenvalue weighted by atomic mass is 19.1. The number of aromatic nitrogens is 3. The number of methoxy groups -OCH3 is 2. The van der Waals surface area contributed by atoms with Gasteiger partial charge in [0, 0.05) is 30.0 Å². The van der Waals surface area contributed by atoms with Crippen molar-refractivity contribution in [2.75, 3.05) is 31.5 Å². The first-order valence-corrected chi connectivity index (χ1v) is 10.8. The SMILES string of the molecule is COc1cccc(C2C(C(=O)Nc3ccc(F)cc3)=C(C)Nc3nc(CCCO)nn32)c1OC. The number of halogens is 1. The first-order chi connectivity index (χ1) is 16.5. The van der Waals surface area contributed by atoms with Crippen molar-refractivity contribution in [3.05, 3.63) is 70.9 Å². The molecular formula is C24H26FN5O4. The Labute approximate surface area is 196 Å². The highest BCUT2D eigenvalue weighted by Gasteiger charge is 2.36. The van der Waals surface area contributed by atoms with Crippen LogP contribution in [-0.2, 0) is 11.2 Å². The van der Waals surface area contributed by atoms with E-state index in [-0.39, 0.29) is 12.5 Å². The molecule has 2 aromatic carbocycles. The van der Waals surface area contributed by atoms with Crippen LogP contribution in [0, 0.1) is 5.82 Å². The molecule has 10 heteroatoms. The van der Waals surface area contributed by atoms with Crippen molar-refractivity contribution in [1.82, 2.24) is 14.8 Å². The summed E-state index contributed by atoms with van der Waals surface area (Å²) in [5.41, 5.74) is 2.09. The topological polar surface area (TPSA) is 111 Å². The van der Waals surface area contributed by atoms with Crippen LogP contribution in [0.2, 0.25) is 0 Å². The van der Waals surface area contributed by atoms with E-state index in [2.05, 4.69) is 20.7 Å². The summed E-state index contributed by atoms with van der Waals surface area (Å²) in [4.78, 5) is 18.1. The van der Waals surface area contributed by atoms with E-state index < -0.39 is 11.9 Å². The second kappa shape index (κ2) is 9.92. The van der Waals surface area contributed by atoms with Crippen LogP contribution in [0.4, 0.5) is 16.0 Å². The van der Waals surface area contributed by atoms with E-state index in [4.69, 9.17) is 9.47 Å². The maximum atomic E-state index is 13.5. The zero-order chi connectivity index (χ0) is 24.2. The molecule has 0 saturated heterocycles. The number of allylic oxidation sites excluding steroid dienone is 1. The molecular weight excluding hydrogens is 441 g/mol. The summed E-state index contributed by atoms with van der Waals surface area (Å²) in [5.74, 6) is 1.21. The minimum absolute atomic E-state index is 0.0209. The summed E-state index contributed by atoms with van der Waals surface area (Å²) in [6, 6.07) is 10.3. The zero-order valence-electron chi connectivity index (χ0n) is 19.1. The van der Waals surface area contributed by atoms with Crippen molar-refractivity contribution in [2.45, 2.75) is 25.8 Å². The molecule has 34 heavy (non-hydrogen) atoms. The van der Waals surface area contributed by atoms with Gasteiger partial charge in [0.25, 0.3) is 5.91 Å². The number of carbonyl (C=O) groups is 1. The smallest absolute Gasteiger partial charge is 0.255 e. The molecule has 2 heterocycles. The molecule has 0 bridgehead atoms. The van der Waals surface area contributed by atoms with E-state index in [1.165, 1.54) is 31.4 Å². The Morgan fingerprint density at radius 1 is 1.21 bits per heavy atom. The number of para-hydroxylation sites is 1. The van der Waals surface area contributed by atoms with Crippen molar-refractivity contribution in [2.24, 2.45) is 0 Å². The van der Waals surface area contributed by atoms with Gasteiger partial charge >= 0.3 is 0 Å². The number of aryl methyl sites for hydroxylation is 1. The predicted octanol–water partition coefficient (Wildman–Crippen LogP) is 3.29. The first kappa shape index (κ1) is 23.2. The summed E-state index contributed by atoms with van der Waals surface area (Å²) in [6.45, 7) is 1.80. The molecule has 1 atom stereocenters. The van der Waals surface area contributed by atoms with Crippen LogP contribution in [0.25, 0.3) is 0 Å². The van der Waals surface area contributed by atoms with Crippen LogP contribution in [0.15, 0.2) is 53.7 Å². The van der Waals surface area contributed by atoms with E-state index in [1.54, 1.807) is 24.8 Å². The predicted molar refractivity (Wildman–Crippen MR) is 124 cm³/mol. The summed E-state index contributed by atoms with van der Waals surface area (Å²) >= 11 is 0. The van der Waals surface area contributed by atoms with E-state index in [1.807, 2.05) is 12.1 Å². The van der Waals surface area contributed by atoms with Gasteiger partial charge < -0.3 is 25.2 Å². The molecule has 0 radical (unpaired) electrons. The Morgan fingerprint density at radius 3 is 2.65 bits per heavy atom. The summed E-state index contributed by atoms with van der Waals surface area (Å²) in [7, 11) is 3.08. The molecule has 1 aliphatic heterocycles. The highest BCUT2D eigenvalue weighted by molar-refractivity contribution is 6.06. The maximum Gasteiger partial charge on any atom is 0.255 e. The number of aliphatic hydroxyl groups is 1. The number of rotatable bonds is 8. The average Bonchev–Trinajstić information content (AvgIpc) is 3.24. The van der Waals surface area contributed by atoms with Crippen LogP contribution < -0.4 is 20.1 Å². The third-order valence-electron chi connectivity index (χ3n) is 5.53. The molecule has 3 N–H and O–H groups in total. The largest absolute Gasteiger partial charge is 0.493 e. The van der Waals surface area contributed by atoms with Crippen molar-refractivity contribution in [3.8, 4) is 11.5 Å². The normalized spacial score (nSPS) is 14.9. The lowest BCUT2D eigenvalue weighted by Crippen LogP contribution is -2.31. The summed E-state index contributed by atoms with van der Waals surface area (Å²) in [5, 5.41) is 19.8. The Morgan fingerprint density at radius 2 is 1.97 bits per heavy atom. The number of amides is 1. The minimum atomic E-state index is -0.683. The number of benzene rings is 2. The molecule has 0 spiro atoms. The van der Waals surface area contributed by atoms with Crippen molar-refractivity contribution in [3.63, 3.8) is 0 Å². The van der Waals surface area contributed by atoms with Crippen molar-refractivity contribution in [1.29, 1.82) is 0 Å². The Bertz CT molecular complexity index is 1220. The fourth-order valence-corrected chi connectivity index (χ4v) is 3.98. The number of fused-ring (bicyclic) bond motifs is 1. The van der Waals surface area contributed by atoms with Gasteiger partial charge in [-0.3, -0.25) is 4.79 Å². The van der Waals surface area contributed by atoms with Gasteiger partial charge in [-0.05, 0) is 43.7 Å². The number of anilines is 2. The number of carbonyl (C=O) groups excluding carboxylic acids is 1. The van der Waals surface area contributed by atoms with E-state index in [0.717, 1.165) is 0 Å². The number of ether oxygens (including phenoxy) is 2. The van der Waals surface area contributed by atoms with Gasteiger partial charge in [-0.15, -0.1) is 0 Å². The van der Waals surface area contributed by atoms with Crippen LogP contribution in [0.1, 0.15) is 30.8 Å². The molecule has 1 aromatic heterocycles. The van der Waals surface area contributed by atoms with E-state index >= 15 is 0 Å². The van der Waals surface area contributed by atoms with Gasteiger partial charge in [-0.25, -0.2) is 9.07 Å². The number of hydrogen-bond acceptors (Lipinski definition) is 7. The molecule has 4 rings (SSSR count). The fourth-order valence-electron chi connectivity index (χ4n) is 3.98. The lowest BCUT2D eigenvalue weighted by molar-refractivity contribution is -0.113. The third kappa shape index (κ3) is 4.44. The van der Waals surface area contributed by atoms with E-state index in [0.29, 0.717) is 58.6 Å². The van der Waals surface area contributed by atoms with Crippen LogP contribution in [-0.4, -0.2) is 46.6 Å². The number of nitrogens with one attached hydrogen (secondary N) is 2. The average molecular weight is 468 g/mol. The lowest BCUT2D eigenvalue weighted by atomic mass is 9.94. The second-order valence-electron chi connectivity index (χ2n) is 7.73. The zero-order valence-corrected chi connectivity index (χ0v) is 19.1. The molecule has 0 aliphatic carbocycles. The Kier molecular flexibility index (Phi) is 6.78. The van der Waals surface area contributed by atoms with Crippen molar-refractivity contribution < 1.29 is 23.8 Å². The van der Waals surface area contributed by atoms with Gasteiger partial charge in [0.2, 0.25) is 5.95 Å². The monoisotopic (exact) mass is 467 g/mol. The molecule has 0 saturated carbocycles. The minimum Gasteiger partial charge on any atom is -0.493 e. The number of nitrogens with zero attached hydrogens (tertiary/aromatic N) is 3. The Hall–Kier alpha value is -3.92. The lowest BCUT2D eigenvalue weighted by Gasteiger charge is -2.30. The molecule has 0 fully saturated rings. The summed E-state index contributed by atoms with van der Waals surface area (Å²) in [6.07, 6.45) is 0.997. The summed E-state index contributed by atoms with van der Waals surface area (Å²) < 4.78 is 26.1. The van der Waals surface area contributed by atoms with Crippen molar-refractivity contribution >= 4 is 17.5 Å². The first-order valence-electron chi connectivity index (χ1n) is 10.8. The van der Waals surface area contributed by atoms with Gasteiger partial charge in [0.05, 0.1) is 19.8 Å². The van der Waals surface area contributed by atoms with Gasteiger partial charge in [-0.1, -0.05) is 12.1 Å². The third-order valence-corrected chi connectivity index (χ3v) is 5.53. The fraction of sp³-hybridized carbons (Fsp3) is 0.292. The van der Waals surface area contributed by atoms with Gasteiger partial charge in [0.15, 0.2) is 17.3 Å².